The molecule has 13 heteroatoms. The lowest BCUT2D eigenvalue weighted by molar-refractivity contribution is -0.150. The standard InChI is InChI=1S/C25H24ClF5N6O/c1-11-21(12(2)36(34-11)8-15-16(27)18(29)20(31)19(30)17(15)28)33-22(38)24-4-13-3-14(5-24)7-25(6-13,9-24)37-10-32-23(26)35-37/h10,13-14H,3-9H2,1-2H3,(H,33,38). The fraction of sp³-hybridized carbons (Fsp3) is 0.520. The van der Waals surface area contributed by atoms with Crippen LogP contribution in [0, 0.1) is 60.2 Å². The van der Waals surface area contributed by atoms with Crippen LogP contribution in [0.1, 0.15) is 55.5 Å². The summed E-state index contributed by atoms with van der Waals surface area (Å²) in [7, 11) is 0. The van der Waals surface area contributed by atoms with E-state index < -0.39 is 46.6 Å². The molecule has 2 aromatic heterocycles. The van der Waals surface area contributed by atoms with Gasteiger partial charge in [0, 0.05) is 0 Å². The number of hydrogen-bond donors (Lipinski definition) is 1. The van der Waals surface area contributed by atoms with E-state index in [1.807, 2.05) is 4.68 Å². The first-order valence-electron chi connectivity index (χ1n) is 12.4. The molecule has 4 aliphatic rings. The molecule has 202 valence electrons. The molecule has 7 nitrogen and oxygen atoms in total. The number of aryl methyl sites for hydroxylation is 1. The molecule has 1 amide bonds. The zero-order valence-corrected chi connectivity index (χ0v) is 21.3. The molecule has 1 N–H and O–H groups in total. The number of amides is 1. The lowest BCUT2D eigenvalue weighted by Crippen LogP contribution is -2.60. The lowest BCUT2D eigenvalue weighted by Gasteiger charge is -2.60. The predicted molar refractivity (Wildman–Crippen MR) is 126 cm³/mol. The molecule has 7 rings (SSSR count). The van der Waals surface area contributed by atoms with Gasteiger partial charge in [0.05, 0.1) is 40.1 Å². The van der Waals surface area contributed by atoms with E-state index in [1.54, 1.807) is 20.2 Å². The molecule has 0 radical (unpaired) electrons. The van der Waals surface area contributed by atoms with Crippen molar-refractivity contribution in [1.29, 1.82) is 0 Å². The van der Waals surface area contributed by atoms with Gasteiger partial charge in [-0.05, 0) is 75.8 Å². The molecule has 2 heterocycles. The van der Waals surface area contributed by atoms with E-state index in [0.717, 1.165) is 36.8 Å². The van der Waals surface area contributed by atoms with Crippen molar-refractivity contribution in [3.05, 3.63) is 57.6 Å². The van der Waals surface area contributed by atoms with Crippen LogP contribution in [0.2, 0.25) is 5.28 Å². The molecule has 0 saturated heterocycles. The van der Waals surface area contributed by atoms with Crippen LogP contribution in [0.3, 0.4) is 0 Å². The summed E-state index contributed by atoms with van der Waals surface area (Å²) in [6.45, 7) is 2.48. The molecular formula is C25H24ClF5N6O. The van der Waals surface area contributed by atoms with Crippen molar-refractivity contribution in [2.45, 2.75) is 64.5 Å². The summed E-state index contributed by atoms with van der Waals surface area (Å²) in [5.41, 5.74) is -0.941. The zero-order valence-electron chi connectivity index (χ0n) is 20.6. The number of nitrogens with one attached hydrogen (secondary N) is 1. The van der Waals surface area contributed by atoms with Gasteiger partial charge in [0.25, 0.3) is 0 Å². The average Bonchev–Trinajstić information content (AvgIpc) is 3.42. The summed E-state index contributed by atoms with van der Waals surface area (Å²) in [4.78, 5) is 18.0. The molecule has 0 aliphatic heterocycles. The van der Waals surface area contributed by atoms with Gasteiger partial charge in [-0.3, -0.25) is 9.48 Å². The van der Waals surface area contributed by atoms with Crippen LogP contribution < -0.4 is 5.32 Å². The Bertz CT molecular complexity index is 1440. The minimum absolute atomic E-state index is 0.159. The first kappa shape index (κ1) is 25.3. The largest absolute Gasteiger partial charge is 0.322 e. The Labute approximate surface area is 219 Å². The summed E-state index contributed by atoms with van der Waals surface area (Å²) >= 11 is 6.01. The molecule has 3 aromatic rings. The van der Waals surface area contributed by atoms with Gasteiger partial charge in [-0.25, -0.2) is 31.6 Å². The number of halogens is 6. The SMILES string of the molecule is Cc1nn(Cc2c(F)c(F)c(F)c(F)c2F)c(C)c1NC(=O)C12CC3CC(C1)CC(n1cnc(Cl)n1)(C3)C2. The summed E-state index contributed by atoms with van der Waals surface area (Å²) < 4.78 is 72.4. The van der Waals surface area contributed by atoms with Crippen LogP contribution in [0.25, 0.3) is 0 Å². The number of nitrogens with zero attached hydrogens (tertiary/aromatic N) is 5. The molecule has 4 bridgehead atoms. The summed E-state index contributed by atoms with van der Waals surface area (Å²) in [5, 5.41) is 11.7. The van der Waals surface area contributed by atoms with E-state index in [9.17, 15) is 26.7 Å². The number of aromatic nitrogens is 5. The van der Waals surface area contributed by atoms with Crippen LogP contribution in [-0.4, -0.2) is 30.5 Å². The number of anilines is 1. The van der Waals surface area contributed by atoms with Gasteiger partial charge >= 0.3 is 0 Å². The second-order valence-corrected chi connectivity index (χ2v) is 11.5. The van der Waals surface area contributed by atoms with Crippen LogP contribution in [0.4, 0.5) is 27.6 Å². The van der Waals surface area contributed by atoms with E-state index in [1.165, 1.54) is 0 Å². The smallest absolute Gasteiger partial charge is 0.242 e. The third kappa shape index (κ3) is 3.66. The number of hydrogen-bond acceptors (Lipinski definition) is 4. The van der Waals surface area contributed by atoms with Gasteiger partial charge in [-0.15, -0.1) is 5.10 Å². The predicted octanol–water partition coefficient (Wildman–Crippen LogP) is 5.42. The molecule has 4 fully saturated rings. The molecule has 2 atom stereocenters. The van der Waals surface area contributed by atoms with Crippen molar-refractivity contribution in [2.75, 3.05) is 5.32 Å². The normalized spacial score (nSPS) is 27.8. The molecule has 38 heavy (non-hydrogen) atoms. The number of carbonyl (C=O) groups excluding carboxylic acids is 1. The minimum atomic E-state index is -2.22. The highest BCUT2D eigenvalue weighted by Gasteiger charge is 2.61. The second-order valence-electron chi connectivity index (χ2n) is 11.1. The van der Waals surface area contributed by atoms with Crippen LogP contribution in [0.5, 0.6) is 0 Å². The molecule has 0 spiro atoms. The maximum Gasteiger partial charge on any atom is 0.242 e. The second kappa shape index (κ2) is 8.49. The van der Waals surface area contributed by atoms with Crippen LogP contribution >= 0.6 is 11.6 Å². The number of rotatable bonds is 5. The quantitative estimate of drug-likeness (QED) is 0.259. The number of benzene rings is 1. The molecule has 2 unspecified atom stereocenters. The van der Waals surface area contributed by atoms with E-state index in [2.05, 4.69) is 20.5 Å². The molecule has 4 saturated carbocycles. The Kier molecular flexibility index (Phi) is 5.65. The van der Waals surface area contributed by atoms with Gasteiger partial charge in [0.2, 0.25) is 17.0 Å². The highest BCUT2D eigenvalue weighted by Crippen LogP contribution is 2.64. The summed E-state index contributed by atoms with van der Waals surface area (Å²) in [6, 6.07) is 0. The lowest BCUT2D eigenvalue weighted by atomic mass is 9.46. The zero-order chi connectivity index (χ0) is 27.1. The Morgan fingerprint density at radius 1 is 1.00 bits per heavy atom. The Morgan fingerprint density at radius 3 is 2.18 bits per heavy atom. The molecular weight excluding hydrogens is 531 g/mol. The topological polar surface area (TPSA) is 77.6 Å². The fourth-order valence-electron chi connectivity index (χ4n) is 7.44. The van der Waals surface area contributed by atoms with E-state index >= 15 is 0 Å². The van der Waals surface area contributed by atoms with Crippen LogP contribution in [-0.2, 0) is 16.9 Å². The van der Waals surface area contributed by atoms with E-state index in [0.29, 0.717) is 35.3 Å². The van der Waals surface area contributed by atoms with E-state index in [4.69, 9.17) is 11.6 Å². The Hall–Kier alpha value is -3.02. The maximum absolute atomic E-state index is 14.3. The van der Waals surface area contributed by atoms with Crippen molar-refractivity contribution in [3.8, 4) is 0 Å². The van der Waals surface area contributed by atoms with Gasteiger partial charge in [0.1, 0.15) is 6.33 Å². The summed E-state index contributed by atoms with van der Waals surface area (Å²) in [5.74, 6) is -9.54. The molecule has 4 aliphatic carbocycles. The first-order chi connectivity index (χ1) is 17.9. The van der Waals surface area contributed by atoms with Crippen molar-refractivity contribution in [1.82, 2.24) is 24.5 Å². The highest BCUT2D eigenvalue weighted by molar-refractivity contribution is 6.28. The maximum atomic E-state index is 14.3. The van der Waals surface area contributed by atoms with Crippen molar-refractivity contribution >= 4 is 23.2 Å². The van der Waals surface area contributed by atoms with Gasteiger partial charge < -0.3 is 5.32 Å². The highest BCUT2D eigenvalue weighted by atomic mass is 35.5. The minimum Gasteiger partial charge on any atom is -0.322 e. The van der Waals surface area contributed by atoms with Crippen LogP contribution in [0.15, 0.2) is 6.33 Å². The average molecular weight is 555 g/mol. The Balaban J connectivity index is 1.29. The number of carbonyl (C=O) groups is 1. The Morgan fingerprint density at radius 2 is 1.61 bits per heavy atom. The summed E-state index contributed by atoms with van der Waals surface area (Å²) in [6.07, 6.45) is 6.52. The third-order valence-corrected chi connectivity index (χ3v) is 8.86. The van der Waals surface area contributed by atoms with Crippen molar-refractivity contribution < 1.29 is 26.7 Å². The monoisotopic (exact) mass is 554 g/mol. The van der Waals surface area contributed by atoms with Crippen molar-refractivity contribution in [2.24, 2.45) is 17.3 Å². The van der Waals surface area contributed by atoms with Crippen molar-refractivity contribution in [3.63, 3.8) is 0 Å². The third-order valence-electron chi connectivity index (χ3n) is 8.69. The van der Waals surface area contributed by atoms with Gasteiger partial charge in [-0.1, -0.05) is 0 Å². The molecule has 1 aromatic carbocycles. The fourth-order valence-corrected chi connectivity index (χ4v) is 7.56. The first-order valence-corrected chi connectivity index (χ1v) is 12.7. The van der Waals surface area contributed by atoms with E-state index in [-0.39, 0.29) is 16.7 Å². The van der Waals surface area contributed by atoms with Gasteiger partial charge in [-0.2, -0.15) is 5.10 Å². The van der Waals surface area contributed by atoms with Gasteiger partial charge in [0.15, 0.2) is 23.3 Å².